The number of fused-ring (bicyclic) bond motifs is 1. The third-order valence-corrected chi connectivity index (χ3v) is 3.52. The molecule has 0 atom stereocenters. The summed E-state index contributed by atoms with van der Waals surface area (Å²) in [4.78, 5) is 22.1. The van der Waals surface area contributed by atoms with Gasteiger partial charge in [0.2, 0.25) is 0 Å². The first-order valence-electron chi connectivity index (χ1n) is 6.16. The molecule has 2 amide bonds. The first-order valence-corrected chi connectivity index (χ1v) is 6.94. The molecule has 9 heteroatoms. The summed E-state index contributed by atoms with van der Waals surface area (Å²) in [7, 11) is 0. The minimum atomic E-state index is -0.522. The molecule has 0 bridgehead atoms. The number of amides is 2. The van der Waals surface area contributed by atoms with Gasteiger partial charge in [0, 0.05) is 23.5 Å². The summed E-state index contributed by atoms with van der Waals surface area (Å²) >= 11 is 1.27. The largest absolute Gasteiger partial charge is 0.323 e. The lowest BCUT2D eigenvalue weighted by Crippen LogP contribution is -2.19. The fraction of sp³-hybridized carbons (Fsp3) is 0. The summed E-state index contributed by atoms with van der Waals surface area (Å²) in [5.41, 5.74) is 1.50. The van der Waals surface area contributed by atoms with Gasteiger partial charge in [-0.3, -0.25) is 10.1 Å². The molecule has 1 heterocycles. The third-order valence-electron chi connectivity index (χ3n) is 2.82. The Labute approximate surface area is 128 Å². The van der Waals surface area contributed by atoms with E-state index in [2.05, 4.69) is 20.2 Å². The summed E-state index contributed by atoms with van der Waals surface area (Å²) < 4.78 is 4.74. The quantitative estimate of drug-likeness (QED) is 0.569. The number of hydrogen-bond donors (Lipinski definition) is 2. The highest BCUT2D eigenvalue weighted by Crippen LogP contribution is 2.20. The van der Waals surface area contributed by atoms with E-state index in [9.17, 15) is 14.9 Å². The molecule has 3 aromatic rings. The van der Waals surface area contributed by atoms with Crippen molar-refractivity contribution in [3.63, 3.8) is 0 Å². The Morgan fingerprint density at radius 1 is 1.14 bits per heavy atom. The highest BCUT2D eigenvalue weighted by molar-refractivity contribution is 7.12. The highest BCUT2D eigenvalue weighted by atomic mass is 32.1. The van der Waals surface area contributed by atoms with E-state index in [0.717, 1.165) is 4.70 Å². The fourth-order valence-corrected chi connectivity index (χ4v) is 2.39. The van der Waals surface area contributed by atoms with Crippen molar-refractivity contribution in [1.29, 1.82) is 0 Å². The van der Waals surface area contributed by atoms with E-state index in [1.165, 1.54) is 29.7 Å². The molecule has 3 rings (SSSR count). The third kappa shape index (κ3) is 2.99. The Hall–Kier alpha value is -3.07. The van der Waals surface area contributed by atoms with Crippen LogP contribution in [0.2, 0.25) is 0 Å². The molecule has 1 aromatic heterocycles. The van der Waals surface area contributed by atoms with Crippen LogP contribution in [0.3, 0.4) is 0 Å². The van der Waals surface area contributed by atoms with Gasteiger partial charge in [-0.2, -0.15) is 0 Å². The van der Waals surface area contributed by atoms with Crippen LogP contribution in [0.4, 0.5) is 21.9 Å². The lowest BCUT2D eigenvalue weighted by Gasteiger charge is -2.07. The predicted octanol–water partition coefficient (Wildman–Crippen LogP) is 3.24. The van der Waals surface area contributed by atoms with Gasteiger partial charge in [0.1, 0.15) is 5.52 Å². The van der Waals surface area contributed by atoms with E-state index >= 15 is 0 Å². The molecule has 0 aliphatic rings. The van der Waals surface area contributed by atoms with E-state index in [4.69, 9.17) is 0 Å². The number of nitrogens with zero attached hydrogens (tertiary/aromatic N) is 3. The van der Waals surface area contributed by atoms with Crippen molar-refractivity contribution in [2.45, 2.75) is 0 Å². The number of urea groups is 1. The summed E-state index contributed by atoms with van der Waals surface area (Å²) in [6, 6.07) is 10.5. The summed E-state index contributed by atoms with van der Waals surface area (Å²) in [6.07, 6.45) is 0. The Morgan fingerprint density at radius 2 is 1.91 bits per heavy atom. The SMILES string of the molecule is O=C(Nc1cccc([N+](=O)[O-])c1)Nc1ccc2snnc2c1. The highest BCUT2D eigenvalue weighted by Gasteiger charge is 2.09. The van der Waals surface area contributed by atoms with Gasteiger partial charge in [-0.1, -0.05) is 10.6 Å². The molecule has 22 heavy (non-hydrogen) atoms. The zero-order chi connectivity index (χ0) is 15.5. The van der Waals surface area contributed by atoms with Gasteiger partial charge in [-0.05, 0) is 35.8 Å². The molecule has 0 saturated heterocycles. The Morgan fingerprint density at radius 3 is 2.68 bits per heavy atom. The van der Waals surface area contributed by atoms with Crippen LogP contribution < -0.4 is 10.6 Å². The maximum absolute atomic E-state index is 11.9. The number of nitro benzene ring substituents is 1. The molecule has 0 fully saturated rings. The van der Waals surface area contributed by atoms with Gasteiger partial charge in [-0.15, -0.1) is 5.10 Å². The maximum atomic E-state index is 11.9. The molecule has 0 unspecified atom stereocenters. The minimum Gasteiger partial charge on any atom is -0.308 e. The second kappa shape index (κ2) is 5.74. The number of hydrogen-bond acceptors (Lipinski definition) is 6. The van der Waals surface area contributed by atoms with Crippen LogP contribution in [0, 0.1) is 10.1 Å². The molecule has 0 radical (unpaired) electrons. The predicted molar refractivity (Wildman–Crippen MR) is 83.2 cm³/mol. The Balaban J connectivity index is 1.71. The minimum absolute atomic E-state index is 0.0900. The lowest BCUT2D eigenvalue weighted by molar-refractivity contribution is -0.384. The van der Waals surface area contributed by atoms with E-state index < -0.39 is 11.0 Å². The zero-order valence-electron chi connectivity index (χ0n) is 11.0. The average Bonchev–Trinajstić information content (AvgIpc) is 2.95. The fourth-order valence-electron chi connectivity index (χ4n) is 1.85. The first-order chi connectivity index (χ1) is 10.6. The van der Waals surface area contributed by atoms with Gasteiger partial charge in [0.15, 0.2) is 0 Å². The molecule has 0 saturated carbocycles. The summed E-state index contributed by atoms with van der Waals surface area (Å²) in [5.74, 6) is 0. The first kappa shape index (κ1) is 13.9. The Kier molecular flexibility index (Phi) is 3.62. The van der Waals surface area contributed by atoms with Crippen molar-refractivity contribution in [3.8, 4) is 0 Å². The van der Waals surface area contributed by atoms with Crippen molar-refractivity contribution < 1.29 is 9.72 Å². The molecular formula is C13H9N5O3S. The number of aromatic nitrogens is 2. The number of non-ortho nitro benzene ring substituents is 1. The normalized spacial score (nSPS) is 10.4. The molecular weight excluding hydrogens is 306 g/mol. The van der Waals surface area contributed by atoms with Crippen LogP contribution in [0.1, 0.15) is 0 Å². The smallest absolute Gasteiger partial charge is 0.308 e. The monoisotopic (exact) mass is 315 g/mol. The summed E-state index contributed by atoms with van der Waals surface area (Å²) in [6.45, 7) is 0. The zero-order valence-corrected chi connectivity index (χ0v) is 11.8. The van der Waals surface area contributed by atoms with Crippen LogP contribution in [0.5, 0.6) is 0 Å². The van der Waals surface area contributed by atoms with Gasteiger partial charge in [0.05, 0.1) is 9.62 Å². The molecule has 0 spiro atoms. The van der Waals surface area contributed by atoms with Crippen LogP contribution >= 0.6 is 11.5 Å². The van der Waals surface area contributed by atoms with Crippen LogP contribution in [-0.2, 0) is 0 Å². The van der Waals surface area contributed by atoms with Crippen molar-refractivity contribution >= 4 is 44.8 Å². The summed E-state index contributed by atoms with van der Waals surface area (Å²) in [5, 5.41) is 19.8. The maximum Gasteiger partial charge on any atom is 0.323 e. The van der Waals surface area contributed by atoms with Gasteiger partial charge < -0.3 is 10.6 Å². The average molecular weight is 315 g/mol. The molecule has 2 N–H and O–H groups in total. The standard InChI is InChI=1S/C13H9N5O3S/c19-13(14-8-2-1-3-10(6-8)18(20)21)15-9-4-5-12-11(7-9)16-17-22-12/h1-7H,(H2,14,15,19). The Bertz CT molecular complexity index is 864. The second-order valence-electron chi connectivity index (χ2n) is 4.34. The number of carbonyl (C=O) groups is 1. The molecule has 110 valence electrons. The van der Waals surface area contributed by atoms with Crippen molar-refractivity contribution in [3.05, 3.63) is 52.6 Å². The van der Waals surface area contributed by atoms with E-state index in [1.54, 1.807) is 18.2 Å². The van der Waals surface area contributed by atoms with Crippen molar-refractivity contribution in [2.75, 3.05) is 10.6 Å². The number of nitrogens with one attached hydrogen (secondary N) is 2. The van der Waals surface area contributed by atoms with Gasteiger partial charge >= 0.3 is 6.03 Å². The van der Waals surface area contributed by atoms with Gasteiger partial charge in [0.25, 0.3) is 5.69 Å². The van der Waals surface area contributed by atoms with Crippen molar-refractivity contribution in [1.82, 2.24) is 9.59 Å². The number of anilines is 2. The number of benzene rings is 2. The molecule has 2 aromatic carbocycles. The number of carbonyl (C=O) groups excluding carboxylic acids is 1. The molecule has 0 aliphatic carbocycles. The number of nitro groups is 1. The van der Waals surface area contributed by atoms with Crippen molar-refractivity contribution in [2.24, 2.45) is 0 Å². The van der Waals surface area contributed by atoms with Crippen LogP contribution in [-0.4, -0.2) is 20.5 Å². The van der Waals surface area contributed by atoms with E-state index in [0.29, 0.717) is 16.9 Å². The number of rotatable bonds is 3. The van der Waals surface area contributed by atoms with Gasteiger partial charge in [-0.25, -0.2) is 4.79 Å². The topological polar surface area (TPSA) is 110 Å². The van der Waals surface area contributed by atoms with E-state index in [-0.39, 0.29) is 5.69 Å². The second-order valence-corrected chi connectivity index (χ2v) is 5.13. The van der Waals surface area contributed by atoms with Crippen LogP contribution in [0.25, 0.3) is 10.2 Å². The molecule has 0 aliphatic heterocycles. The van der Waals surface area contributed by atoms with Crippen LogP contribution in [0.15, 0.2) is 42.5 Å². The molecule has 8 nitrogen and oxygen atoms in total. The lowest BCUT2D eigenvalue weighted by atomic mass is 10.3. The van der Waals surface area contributed by atoms with E-state index in [1.807, 2.05) is 6.07 Å².